The second-order valence-electron chi connectivity index (χ2n) is 5.32. The monoisotopic (exact) mass is 204 g/mol. The van der Waals surface area contributed by atoms with Crippen molar-refractivity contribution in [1.29, 1.82) is 0 Å². The molecule has 15 heavy (non-hydrogen) atoms. The number of rotatable bonds is 3. The van der Waals surface area contributed by atoms with Gasteiger partial charge in [0.05, 0.1) is 0 Å². The Morgan fingerprint density at radius 2 is 2.00 bits per heavy atom. The molecule has 0 saturated heterocycles. The van der Waals surface area contributed by atoms with Gasteiger partial charge >= 0.3 is 0 Å². The van der Waals surface area contributed by atoms with Gasteiger partial charge in [0.1, 0.15) is 0 Å². The van der Waals surface area contributed by atoms with E-state index in [9.17, 15) is 5.11 Å². The molecule has 1 fully saturated rings. The van der Waals surface area contributed by atoms with E-state index < -0.39 is 0 Å². The average molecular weight is 204 g/mol. The molecule has 3 atom stereocenters. The van der Waals surface area contributed by atoms with Crippen molar-refractivity contribution in [2.45, 2.75) is 33.1 Å². The summed E-state index contributed by atoms with van der Waals surface area (Å²) in [6.45, 7) is 6.90. The van der Waals surface area contributed by atoms with Gasteiger partial charge in [-0.2, -0.15) is 0 Å². The smallest absolute Gasteiger partial charge is 0.0487 e. The van der Waals surface area contributed by atoms with E-state index >= 15 is 0 Å². The summed E-state index contributed by atoms with van der Waals surface area (Å²) >= 11 is 0. The third kappa shape index (κ3) is 1.93. The topological polar surface area (TPSA) is 20.2 Å². The molecule has 1 N–H and O–H groups in total. The molecule has 1 aliphatic rings. The van der Waals surface area contributed by atoms with E-state index in [1.54, 1.807) is 0 Å². The number of aliphatic hydroxyl groups is 1. The van der Waals surface area contributed by atoms with Crippen LogP contribution in [0.5, 0.6) is 0 Å². The Bertz CT molecular complexity index is 341. The molecule has 1 aliphatic carbocycles. The predicted molar refractivity (Wildman–Crippen MR) is 62.9 cm³/mol. The summed E-state index contributed by atoms with van der Waals surface area (Å²) in [4.78, 5) is 0. The molecule has 2 rings (SSSR count). The van der Waals surface area contributed by atoms with Crippen LogP contribution in [-0.4, -0.2) is 11.7 Å². The van der Waals surface area contributed by atoms with Crippen LogP contribution in [-0.2, 0) is 0 Å². The van der Waals surface area contributed by atoms with Gasteiger partial charge in [0.25, 0.3) is 0 Å². The van der Waals surface area contributed by atoms with Crippen LogP contribution in [0.2, 0.25) is 0 Å². The molecule has 0 spiro atoms. The number of benzene rings is 1. The van der Waals surface area contributed by atoms with E-state index in [0.29, 0.717) is 18.4 Å². The molecule has 0 aliphatic heterocycles. The van der Waals surface area contributed by atoms with E-state index in [1.165, 1.54) is 17.5 Å². The second kappa shape index (κ2) is 3.64. The SMILES string of the molecule is Cc1ccc(C(C)C2C[C@]2(C)CO)cc1. The first-order chi connectivity index (χ1) is 7.07. The van der Waals surface area contributed by atoms with Crippen LogP contribution in [0.3, 0.4) is 0 Å². The highest BCUT2D eigenvalue weighted by atomic mass is 16.3. The lowest BCUT2D eigenvalue weighted by atomic mass is 9.91. The van der Waals surface area contributed by atoms with E-state index in [2.05, 4.69) is 45.0 Å². The van der Waals surface area contributed by atoms with Crippen molar-refractivity contribution in [2.24, 2.45) is 11.3 Å². The van der Waals surface area contributed by atoms with Gasteiger partial charge in [-0.15, -0.1) is 0 Å². The van der Waals surface area contributed by atoms with Crippen LogP contribution in [0.1, 0.15) is 37.3 Å². The third-order valence-corrected chi connectivity index (χ3v) is 3.99. The maximum Gasteiger partial charge on any atom is 0.0487 e. The lowest BCUT2D eigenvalue weighted by Crippen LogP contribution is -2.08. The van der Waals surface area contributed by atoms with E-state index in [-0.39, 0.29) is 5.41 Å². The molecule has 0 radical (unpaired) electrons. The fourth-order valence-corrected chi connectivity index (χ4v) is 2.51. The standard InChI is InChI=1S/C14H20O/c1-10-4-6-12(7-5-10)11(2)13-8-14(13,3)9-15/h4-7,11,13,15H,8-9H2,1-3H3/t11?,13?,14-/m1/s1. The lowest BCUT2D eigenvalue weighted by molar-refractivity contribution is 0.207. The largest absolute Gasteiger partial charge is 0.396 e. The van der Waals surface area contributed by atoms with Crippen molar-refractivity contribution >= 4 is 0 Å². The van der Waals surface area contributed by atoms with Crippen LogP contribution in [0.15, 0.2) is 24.3 Å². The predicted octanol–water partition coefficient (Wildman–Crippen LogP) is 3.12. The number of hydrogen-bond acceptors (Lipinski definition) is 1. The Balaban J connectivity index is 2.10. The molecule has 0 bridgehead atoms. The molecule has 1 aromatic rings. The van der Waals surface area contributed by atoms with E-state index in [0.717, 1.165) is 0 Å². The molecule has 0 heterocycles. The highest BCUT2D eigenvalue weighted by Crippen LogP contribution is 2.58. The van der Waals surface area contributed by atoms with Gasteiger partial charge < -0.3 is 5.11 Å². The van der Waals surface area contributed by atoms with Crippen molar-refractivity contribution in [3.63, 3.8) is 0 Å². The van der Waals surface area contributed by atoms with Crippen LogP contribution >= 0.6 is 0 Å². The van der Waals surface area contributed by atoms with Crippen molar-refractivity contribution in [2.75, 3.05) is 6.61 Å². The molecule has 1 heteroatoms. The summed E-state index contributed by atoms with van der Waals surface area (Å²) < 4.78 is 0. The minimum atomic E-state index is 0.185. The molecular formula is C14H20O. The third-order valence-electron chi connectivity index (χ3n) is 3.99. The average Bonchev–Trinajstić information content (AvgIpc) is 2.92. The van der Waals surface area contributed by atoms with Crippen molar-refractivity contribution < 1.29 is 5.11 Å². The first kappa shape index (κ1) is 10.7. The Kier molecular flexibility index (Phi) is 2.59. The highest BCUT2D eigenvalue weighted by Gasteiger charge is 2.52. The van der Waals surface area contributed by atoms with Crippen molar-refractivity contribution in [1.82, 2.24) is 0 Å². The Morgan fingerprint density at radius 1 is 1.40 bits per heavy atom. The van der Waals surface area contributed by atoms with E-state index in [4.69, 9.17) is 0 Å². The first-order valence-electron chi connectivity index (χ1n) is 5.74. The normalized spacial score (nSPS) is 31.3. The molecule has 1 aromatic carbocycles. The van der Waals surface area contributed by atoms with Crippen LogP contribution < -0.4 is 0 Å². The zero-order valence-electron chi connectivity index (χ0n) is 9.83. The lowest BCUT2D eigenvalue weighted by Gasteiger charge is -2.15. The van der Waals surface area contributed by atoms with Gasteiger partial charge in [0, 0.05) is 6.61 Å². The zero-order valence-corrected chi connectivity index (χ0v) is 9.83. The van der Waals surface area contributed by atoms with E-state index in [1.807, 2.05) is 0 Å². The summed E-state index contributed by atoms with van der Waals surface area (Å²) in [5.41, 5.74) is 2.90. The fourth-order valence-electron chi connectivity index (χ4n) is 2.51. The summed E-state index contributed by atoms with van der Waals surface area (Å²) in [6.07, 6.45) is 1.17. The molecule has 1 saturated carbocycles. The van der Waals surface area contributed by atoms with Gasteiger partial charge in [0.15, 0.2) is 0 Å². The molecule has 2 unspecified atom stereocenters. The van der Waals surface area contributed by atoms with Crippen molar-refractivity contribution in [3.05, 3.63) is 35.4 Å². The maximum absolute atomic E-state index is 9.28. The Morgan fingerprint density at radius 3 is 2.47 bits per heavy atom. The first-order valence-corrected chi connectivity index (χ1v) is 5.74. The van der Waals surface area contributed by atoms with Gasteiger partial charge in [-0.3, -0.25) is 0 Å². The maximum atomic E-state index is 9.28. The Labute approximate surface area is 92.1 Å². The summed E-state index contributed by atoms with van der Waals surface area (Å²) in [5, 5.41) is 9.28. The van der Waals surface area contributed by atoms with Gasteiger partial charge in [-0.1, -0.05) is 43.7 Å². The quantitative estimate of drug-likeness (QED) is 0.802. The zero-order chi connectivity index (χ0) is 11.1. The number of aliphatic hydroxyl groups excluding tert-OH is 1. The molecule has 0 amide bonds. The van der Waals surface area contributed by atoms with Gasteiger partial charge in [-0.05, 0) is 36.2 Å². The van der Waals surface area contributed by atoms with Crippen LogP contribution in [0, 0.1) is 18.3 Å². The minimum absolute atomic E-state index is 0.185. The molecule has 1 nitrogen and oxygen atoms in total. The summed E-state index contributed by atoms with van der Waals surface area (Å²) in [6, 6.07) is 8.78. The molecule has 0 aromatic heterocycles. The fraction of sp³-hybridized carbons (Fsp3) is 0.571. The number of hydrogen-bond donors (Lipinski definition) is 1. The van der Waals surface area contributed by atoms with Gasteiger partial charge in [0.2, 0.25) is 0 Å². The van der Waals surface area contributed by atoms with Crippen LogP contribution in [0.25, 0.3) is 0 Å². The highest BCUT2D eigenvalue weighted by molar-refractivity contribution is 5.26. The second-order valence-corrected chi connectivity index (χ2v) is 5.32. The van der Waals surface area contributed by atoms with Crippen molar-refractivity contribution in [3.8, 4) is 0 Å². The van der Waals surface area contributed by atoms with Crippen LogP contribution in [0.4, 0.5) is 0 Å². The number of aryl methyl sites for hydroxylation is 1. The van der Waals surface area contributed by atoms with Gasteiger partial charge in [-0.25, -0.2) is 0 Å². The summed E-state index contributed by atoms with van der Waals surface area (Å²) in [5.74, 6) is 1.23. The summed E-state index contributed by atoms with van der Waals surface area (Å²) in [7, 11) is 0. The minimum Gasteiger partial charge on any atom is -0.396 e. The molecule has 82 valence electrons. The molecular weight excluding hydrogens is 184 g/mol. The Hall–Kier alpha value is -0.820.